The zero-order valence-electron chi connectivity index (χ0n) is 18.4. The van der Waals surface area contributed by atoms with Crippen LogP contribution in [-0.2, 0) is 17.6 Å². The second-order valence-electron chi connectivity index (χ2n) is 8.94. The minimum atomic E-state index is -0.903. The zero-order chi connectivity index (χ0) is 22.6. The molecule has 2 aromatic carbocycles. The molecular formula is C25H30ClNO4. The maximum Gasteiger partial charge on any atom is 0.305 e. The predicted molar refractivity (Wildman–Crippen MR) is 122 cm³/mol. The molecule has 2 aromatic rings. The summed E-state index contributed by atoms with van der Waals surface area (Å²) in [5, 5.41) is 9.77. The number of halogens is 1. The summed E-state index contributed by atoms with van der Waals surface area (Å²) in [6.07, 6.45) is 2.11. The highest BCUT2D eigenvalue weighted by molar-refractivity contribution is 6.31. The van der Waals surface area contributed by atoms with Gasteiger partial charge >= 0.3 is 5.97 Å². The van der Waals surface area contributed by atoms with Crippen molar-refractivity contribution in [3.8, 4) is 5.75 Å². The fourth-order valence-electron chi connectivity index (χ4n) is 3.94. The monoisotopic (exact) mass is 443 g/mol. The van der Waals surface area contributed by atoms with Gasteiger partial charge in [0, 0.05) is 36.5 Å². The molecule has 1 aliphatic rings. The molecule has 1 heterocycles. The van der Waals surface area contributed by atoms with Gasteiger partial charge in [0.15, 0.2) is 0 Å². The largest absolute Gasteiger partial charge is 0.487 e. The number of fused-ring (bicyclic) bond motifs is 1. The zero-order valence-corrected chi connectivity index (χ0v) is 19.1. The van der Waals surface area contributed by atoms with Crippen LogP contribution in [0.3, 0.4) is 0 Å². The molecule has 1 atom stereocenters. The minimum absolute atomic E-state index is 0.0617. The third kappa shape index (κ3) is 6.01. The van der Waals surface area contributed by atoms with Crippen LogP contribution in [0.15, 0.2) is 42.5 Å². The number of benzene rings is 2. The molecule has 3 rings (SSSR count). The highest BCUT2D eigenvalue weighted by Gasteiger charge is 2.36. The van der Waals surface area contributed by atoms with Gasteiger partial charge in [-0.05, 0) is 54.7 Å². The number of hydrogen-bond acceptors (Lipinski definition) is 3. The van der Waals surface area contributed by atoms with Gasteiger partial charge < -0.3 is 14.7 Å². The molecule has 0 unspecified atom stereocenters. The number of carboxylic acids is 1. The molecule has 0 aliphatic carbocycles. The molecule has 0 fully saturated rings. The number of ether oxygens (including phenoxy) is 1. The van der Waals surface area contributed by atoms with Crippen molar-refractivity contribution < 1.29 is 19.4 Å². The van der Waals surface area contributed by atoms with Crippen LogP contribution >= 0.6 is 11.6 Å². The molecule has 6 heteroatoms. The summed E-state index contributed by atoms with van der Waals surface area (Å²) in [5.41, 5.74) is 2.15. The van der Waals surface area contributed by atoms with Crippen LogP contribution in [0.5, 0.6) is 5.75 Å². The van der Waals surface area contributed by atoms with Gasteiger partial charge in [0.2, 0.25) is 0 Å². The lowest BCUT2D eigenvalue weighted by Gasteiger charge is -2.24. The van der Waals surface area contributed by atoms with Gasteiger partial charge in [0.25, 0.3) is 5.91 Å². The summed E-state index contributed by atoms with van der Waals surface area (Å²) in [5.74, 6) is 0.175. The number of carbonyl (C=O) groups excluding carboxylic acids is 1. The van der Waals surface area contributed by atoms with Crippen LogP contribution in [0.1, 0.15) is 55.1 Å². The van der Waals surface area contributed by atoms with E-state index in [1.165, 1.54) is 0 Å². The molecule has 166 valence electrons. The normalized spacial score (nSPS) is 17.3. The van der Waals surface area contributed by atoms with Crippen molar-refractivity contribution in [2.45, 2.75) is 52.1 Å². The van der Waals surface area contributed by atoms with Crippen molar-refractivity contribution in [2.24, 2.45) is 5.92 Å². The fraction of sp³-hybridized carbons (Fsp3) is 0.440. The van der Waals surface area contributed by atoms with Crippen LogP contribution in [-0.4, -0.2) is 40.6 Å². The van der Waals surface area contributed by atoms with Crippen molar-refractivity contribution in [2.75, 3.05) is 13.1 Å². The first-order valence-corrected chi connectivity index (χ1v) is 11.1. The van der Waals surface area contributed by atoms with Crippen LogP contribution in [0.25, 0.3) is 0 Å². The lowest BCUT2D eigenvalue weighted by Crippen LogP contribution is -2.34. The standard InChI is InChI=1S/C25H30ClNO4/c1-17(2)10-12-27(13-11-23(28)29)24(30)18-8-9-22-20(14-18)16-25(3,31-22)15-19-6-4-5-7-21(19)26/h4-9,14,17H,10-13,15-16H2,1-3H3,(H,28,29)/t25-/m1/s1. The van der Waals surface area contributed by atoms with Crippen LogP contribution in [0.4, 0.5) is 0 Å². The maximum atomic E-state index is 13.1. The maximum absolute atomic E-state index is 13.1. The van der Waals surface area contributed by atoms with E-state index in [0.29, 0.717) is 30.9 Å². The Morgan fingerprint density at radius 3 is 2.61 bits per heavy atom. The first kappa shape index (κ1) is 23.1. The second-order valence-corrected chi connectivity index (χ2v) is 9.35. The Morgan fingerprint density at radius 2 is 1.94 bits per heavy atom. The third-order valence-electron chi connectivity index (χ3n) is 5.61. The Bertz CT molecular complexity index is 958. The quantitative estimate of drug-likeness (QED) is 0.575. The van der Waals surface area contributed by atoms with E-state index in [1.54, 1.807) is 11.0 Å². The highest BCUT2D eigenvalue weighted by Crippen LogP contribution is 2.38. The van der Waals surface area contributed by atoms with Gasteiger partial charge in [-0.2, -0.15) is 0 Å². The number of carbonyl (C=O) groups is 2. The van der Waals surface area contributed by atoms with Crippen molar-refractivity contribution in [1.29, 1.82) is 0 Å². The lowest BCUT2D eigenvalue weighted by atomic mass is 9.91. The van der Waals surface area contributed by atoms with E-state index in [2.05, 4.69) is 20.8 Å². The Hall–Kier alpha value is -2.53. The summed E-state index contributed by atoms with van der Waals surface area (Å²) in [4.78, 5) is 25.8. The molecule has 0 spiro atoms. The second kappa shape index (κ2) is 9.73. The number of amides is 1. The number of rotatable bonds is 9. The molecule has 1 aliphatic heterocycles. The number of hydrogen-bond donors (Lipinski definition) is 1. The molecule has 0 saturated carbocycles. The topological polar surface area (TPSA) is 66.8 Å². The van der Waals surface area contributed by atoms with E-state index < -0.39 is 11.6 Å². The molecule has 0 aromatic heterocycles. The van der Waals surface area contributed by atoms with Crippen LogP contribution in [0.2, 0.25) is 5.02 Å². The minimum Gasteiger partial charge on any atom is -0.487 e. The summed E-state index contributed by atoms with van der Waals surface area (Å²) in [7, 11) is 0. The molecule has 0 saturated heterocycles. The molecule has 0 bridgehead atoms. The van der Waals surface area contributed by atoms with Crippen molar-refractivity contribution in [3.63, 3.8) is 0 Å². The predicted octanol–water partition coefficient (Wildman–Crippen LogP) is 5.24. The van der Waals surface area contributed by atoms with Crippen molar-refractivity contribution in [3.05, 3.63) is 64.2 Å². The molecule has 1 N–H and O–H groups in total. The molecule has 0 radical (unpaired) electrons. The summed E-state index contributed by atoms with van der Waals surface area (Å²) in [6, 6.07) is 13.3. The van der Waals surface area contributed by atoms with E-state index in [4.69, 9.17) is 21.4 Å². The molecule has 5 nitrogen and oxygen atoms in total. The fourth-order valence-corrected chi connectivity index (χ4v) is 4.14. The number of nitrogens with zero attached hydrogens (tertiary/aromatic N) is 1. The Morgan fingerprint density at radius 1 is 1.19 bits per heavy atom. The van der Waals surface area contributed by atoms with E-state index >= 15 is 0 Å². The van der Waals surface area contributed by atoms with E-state index in [-0.39, 0.29) is 18.9 Å². The SMILES string of the molecule is CC(C)CCN(CCC(=O)O)C(=O)c1ccc2c(c1)C[C@@](C)(Cc1ccccc1Cl)O2. The Kier molecular flexibility index (Phi) is 7.26. The number of carboxylic acid groups (broad SMARTS) is 1. The van der Waals surface area contributed by atoms with Gasteiger partial charge in [-0.25, -0.2) is 0 Å². The Labute approximate surface area is 189 Å². The van der Waals surface area contributed by atoms with E-state index in [1.807, 2.05) is 36.4 Å². The molecular weight excluding hydrogens is 414 g/mol. The van der Waals surface area contributed by atoms with Gasteiger partial charge in [-0.15, -0.1) is 0 Å². The average Bonchev–Trinajstić information content (AvgIpc) is 3.04. The van der Waals surface area contributed by atoms with E-state index in [9.17, 15) is 9.59 Å². The number of aliphatic carboxylic acids is 1. The van der Waals surface area contributed by atoms with Gasteiger partial charge in [-0.3, -0.25) is 9.59 Å². The highest BCUT2D eigenvalue weighted by atomic mass is 35.5. The molecule has 1 amide bonds. The molecule has 31 heavy (non-hydrogen) atoms. The first-order chi connectivity index (χ1) is 14.7. The van der Waals surface area contributed by atoms with Gasteiger partial charge in [-0.1, -0.05) is 43.6 Å². The summed E-state index contributed by atoms with van der Waals surface area (Å²) >= 11 is 6.33. The van der Waals surface area contributed by atoms with Crippen LogP contribution in [0, 0.1) is 5.92 Å². The van der Waals surface area contributed by atoms with Crippen molar-refractivity contribution in [1.82, 2.24) is 4.90 Å². The lowest BCUT2D eigenvalue weighted by molar-refractivity contribution is -0.137. The van der Waals surface area contributed by atoms with Crippen molar-refractivity contribution >= 4 is 23.5 Å². The Balaban J connectivity index is 1.75. The average molecular weight is 444 g/mol. The van der Waals surface area contributed by atoms with Crippen LogP contribution < -0.4 is 4.74 Å². The smallest absolute Gasteiger partial charge is 0.305 e. The van der Waals surface area contributed by atoms with Gasteiger partial charge in [0.05, 0.1) is 6.42 Å². The summed E-state index contributed by atoms with van der Waals surface area (Å²) in [6.45, 7) is 6.98. The summed E-state index contributed by atoms with van der Waals surface area (Å²) < 4.78 is 6.25. The van der Waals surface area contributed by atoms with E-state index in [0.717, 1.165) is 28.3 Å². The third-order valence-corrected chi connectivity index (χ3v) is 5.98. The first-order valence-electron chi connectivity index (χ1n) is 10.7. The van der Waals surface area contributed by atoms with Gasteiger partial charge in [0.1, 0.15) is 11.4 Å².